The smallest absolute Gasteiger partial charge is 0.223 e. The summed E-state index contributed by atoms with van der Waals surface area (Å²) in [5, 5.41) is 29.5. The zero-order valence-corrected chi connectivity index (χ0v) is 13.2. The van der Waals surface area contributed by atoms with Gasteiger partial charge in [-0.1, -0.05) is 0 Å². The van der Waals surface area contributed by atoms with Gasteiger partial charge in [0.1, 0.15) is 17.5 Å². The third-order valence-corrected chi connectivity index (χ3v) is 4.73. The maximum Gasteiger partial charge on any atom is 0.223 e. The SMILES string of the molecule is CC1(C)Oc2ccc(C#N)cc2C(N2C(=O)CCC2CO)C1O. The normalized spacial score (nSPS) is 28.9. The first-order valence-corrected chi connectivity index (χ1v) is 7.72. The molecular weight excluding hydrogens is 296 g/mol. The van der Waals surface area contributed by atoms with Crippen molar-refractivity contribution in [3.05, 3.63) is 29.3 Å². The summed E-state index contributed by atoms with van der Waals surface area (Å²) in [5.74, 6) is 0.458. The van der Waals surface area contributed by atoms with Crippen LogP contribution in [-0.2, 0) is 4.79 Å². The Hall–Kier alpha value is -2.10. The highest BCUT2D eigenvalue weighted by molar-refractivity contribution is 5.79. The summed E-state index contributed by atoms with van der Waals surface area (Å²) in [4.78, 5) is 13.9. The van der Waals surface area contributed by atoms with Crippen LogP contribution in [0.2, 0.25) is 0 Å². The highest BCUT2D eigenvalue weighted by Gasteiger charge is 2.49. The molecule has 1 amide bonds. The molecule has 1 saturated heterocycles. The van der Waals surface area contributed by atoms with E-state index in [4.69, 9.17) is 10.00 Å². The van der Waals surface area contributed by atoms with Gasteiger partial charge in [0.15, 0.2) is 0 Å². The molecule has 1 aromatic carbocycles. The van der Waals surface area contributed by atoms with Crippen LogP contribution >= 0.6 is 0 Å². The standard InChI is InChI=1S/C17H20N2O4/c1-17(2)16(22)15(19-11(9-20)4-6-14(19)21)12-7-10(8-18)3-5-13(12)23-17/h3,5,7,11,15-16,20,22H,4,6,9H2,1-2H3. The van der Waals surface area contributed by atoms with Crippen molar-refractivity contribution >= 4 is 5.91 Å². The van der Waals surface area contributed by atoms with Crippen LogP contribution in [0.5, 0.6) is 5.75 Å². The fourth-order valence-corrected chi connectivity index (χ4v) is 3.46. The highest BCUT2D eigenvalue weighted by atomic mass is 16.5. The number of aliphatic hydroxyl groups excluding tert-OH is 2. The first kappa shape index (κ1) is 15.8. The van der Waals surface area contributed by atoms with Crippen molar-refractivity contribution < 1.29 is 19.7 Å². The third kappa shape index (κ3) is 2.46. The van der Waals surface area contributed by atoms with Gasteiger partial charge in [-0.2, -0.15) is 5.26 Å². The van der Waals surface area contributed by atoms with E-state index in [1.54, 1.807) is 36.9 Å². The van der Waals surface area contributed by atoms with Gasteiger partial charge in [-0.15, -0.1) is 0 Å². The monoisotopic (exact) mass is 316 g/mol. The lowest BCUT2D eigenvalue weighted by Crippen LogP contribution is -2.55. The predicted octanol–water partition coefficient (Wildman–Crippen LogP) is 1.11. The molecule has 1 aromatic rings. The number of ether oxygens (including phenoxy) is 1. The minimum absolute atomic E-state index is 0.0980. The molecule has 6 nitrogen and oxygen atoms in total. The number of nitrogens with zero attached hydrogens (tertiary/aromatic N) is 2. The number of nitriles is 1. The zero-order valence-electron chi connectivity index (χ0n) is 13.2. The summed E-state index contributed by atoms with van der Waals surface area (Å²) >= 11 is 0. The van der Waals surface area contributed by atoms with E-state index >= 15 is 0 Å². The van der Waals surface area contributed by atoms with E-state index in [9.17, 15) is 15.0 Å². The van der Waals surface area contributed by atoms with Crippen molar-refractivity contribution in [1.82, 2.24) is 4.90 Å². The van der Waals surface area contributed by atoms with E-state index in [0.717, 1.165) is 0 Å². The van der Waals surface area contributed by atoms with Crippen LogP contribution in [0, 0.1) is 11.3 Å². The van der Waals surface area contributed by atoms with E-state index in [2.05, 4.69) is 6.07 Å². The van der Waals surface area contributed by atoms with Gasteiger partial charge in [0.05, 0.1) is 30.3 Å². The summed E-state index contributed by atoms with van der Waals surface area (Å²) in [7, 11) is 0. The predicted molar refractivity (Wildman–Crippen MR) is 81.6 cm³/mol. The molecule has 0 aliphatic carbocycles. The molecule has 0 saturated carbocycles. The second-order valence-electron chi connectivity index (χ2n) is 6.64. The molecule has 0 spiro atoms. The molecule has 23 heavy (non-hydrogen) atoms. The van der Waals surface area contributed by atoms with Gasteiger partial charge in [-0.05, 0) is 38.5 Å². The van der Waals surface area contributed by atoms with Gasteiger partial charge in [-0.3, -0.25) is 4.79 Å². The molecule has 0 radical (unpaired) electrons. The molecule has 6 heteroatoms. The highest BCUT2D eigenvalue weighted by Crippen LogP contribution is 2.45. The van der Waals surface area contributed by atoms with Crippen LogP contribution < -0.4 is 4.74 Å². The Bertz CT molecular complexity index is 680. The van der Waals surface area contributed by atoms with E-state index in [0.29, 0.717) is 29.7 Å². The Morgan fingerprint density at radius 2 is 2.22 bits per heavy atom. The minimum atomic E-state index is -0.958. The number of benzene rings is 1. The average molecular weight is 316 g/mol. The van der Waals surface area contributed by atoms with E-state index in [1.807, 2.05) is 0 Å². The molecule has 2 N–H and O–H groups in total. The van der Waals surface area contributed by atoms with Crippen molar-refractivity contribution in [2.75, 3.05) is 6.61 Å². The molecule has 3 atom stereocenters. The maximum atomic E-state index is 12.4. The van der Waals surface area contributed by atoms with Gasteiger partial charge in [-0.25, -0.2) is 0 Å². The Kier molecular flexibility index (Phi) is 3.78. The molecule has 1 fully saturated rings. The molecule has 2 heterocycles. The van der Waals surface area contributed by atoms with E-state index < -0.39 is 17.7 Å². The number of likely N-dealkylation sites (tertiary alicyclic amines) is 1. The Morgan fingerprint density at radius 1 is 1.48 bits per heavy atom. The fourth-order valence-electron chi connectivity index (χ4n) is 3.46. The van der Waals surface area contributed by atoms with Crippen LogP contribution in [0.4, 0.5) is 0 Å². The molecule has 0 bridgehead atoms. The van der Waals surface area contributed by atoms with Gasteiger partial charge in [0, 0.05) is 12.0 Å². The van der Waals surface area contributed by atoms with Gasteiger partial charge in [0.2, 0.25) is 5.91 Å². The minimum Gasteiger partial charge on any atom is -0.485 e. The van der Waals surface area contributed by atoms with E-state index in [-0.39, 0.29) is 18.6 Å². The Balaban J connectivity index is 2.14. The molecule has 3 unspecified atom stereocenters. The van der Waals surface area contributed by atoms with Crippen LogP contribution in [-0.4, -0.2) is 45.4 Å². The molecule has 2 aliphatic rings. The molecule has 3 rings (SSSR count). The lowest BCUT2D eigenvalue weighted by atomic mass is 9.84. The van der Waals surface area contributed by atoms with Crippen molar-refractivity contribution in [3.8, 4) is 11.8 Å². The maximum absolute atomic E-state index is 12.4. The zero-order chi connectivity index (χ0) is 16.8. The molecule has 2 aliphatic heterocycles. The number of fused-ring (bicyclic) bond motifs is 1. The lowest BCUT2D eigenvalue weighted by molar-refractivity contribution is -0.144. The number of amides is 1. The van der Waals surface area contributed by atoms with Crippen LogP contribution in [0.1, 0.15) is 43.9 Å². The lowest BCUT2D eigenvalue weighted by Gasteiger charge is -2.46. The van der Waals surface area contributed by atoms with Crippen molar-refractivity contribution in [2.24, 2.45) is 0 Å². The number of rotatable bonds is 2. The van der Waals surface area contributed by atoms with Crippen LogP contribution in [0.3, 0.4) is 0 Å². The largest absolute Gasteiger partial charge is 0.485 e. The summed E-state index contributed by atoms with van der Waals surface area (Å²) in [6.07, 6.45) is -0.0455. The average Bonchev–Trinajstić information content (AvgIpc) is 2.89. The fraction of sp³-hybridized carbons (Fsp3) is 0.529. The first-order chi connectivity index (χ1) is 10.9. The second-order valence-corrected chi connectivity index (χ2v) is 6.64. The molecule has 0 aromatic heterocycles. The van der Waals surface area contributed by atoms with Crippen molar-refractivity contribution in [2.45, 2.75) is 50.5 Å². The summed E-state index contributed by atoms with van der Waals surface area (Å²) in [6.45, 7) is 3.38. The number of hydrogen-bond acceptors (Lipinski definition) is 5. The number of carbonyl (C=O) groups is 1. The molecular formula is C17H20N2O4. The number of hydrogen-bond donors (Lipinski definition) is 2. The van der Waals surface area contributed by atoms with Gasteiger partial charge < -0.3 is 19.8 Å². The van der Waals surface area contributed by atoms with Crippen molar-refractivity contribution in [3.63, 3.8) is 0 Å². The molecule has 122 valence electrons. The Labute approximate surface area is 134 Å². The third-order valence-electron chi connectivity index (χ3n) is 4.73. The number of aliphatic hydroxyl groups is 2. The van der Waals surface area contributed by atoms with Crippen LogP contribution in [0.15, 0.2) is 18.2 Å². The quantitative estimate of drug-likeness (QED) is 0.852. The first-order valence-electron chi connectivity index (χ1n) is 7.72. The van der Waals surface area contributed by atoms with Crippen LogP contribution in [0.25, 0.3) is 0 Å². The van der Waals surface area contributed by atoms with Gasteiger partial charge >= 0.3 is 0 Å². The topological polar surface area (TPSA) is 93.8 Å². The van der Waals surface area contributed by atoms with Crippen molar-refractivity contribution in [1.29, 1.82) is 5.26 Å². The summed E-state index contributed by atoms with van der Waals surface area (Å²) in [6, 6.07) is 6.12. The van der Waals surface area contributed by atoms with E-state index in [1.165, 1.54) is 0 Å². The van der Waals surface area contributed by atoms with Gasteiger partial charge in [0.25, 0.3) is 0 Å². The summed E-state index contributed by atoms with van der Waals surface area (Å²) in [5.41, 5.74) is 0.176. The number of carbonyl (C=O) groups excluding carboxylic acids is 1. The summed E-state index contributed by atoms with van der Waals surface area (Å²) < 4.78 is 5.87. The second kappa shape index (κ2) is 5.52. The Morgan fingerprint density at radius 3 is 2.87 bits per heavy atom.